The highest BCUT2D eigenvalue weighted by Crippen LogP contribution is 2.24. The Morgan fingerprint density at radius 2 is 2.06 bits per heavy atom. The molecule has 0 heterocycles. The van der Waals surface area contributed by atoms with Crippen molar-refractivity contribution < 1.29 is 9.63 Å². The first-order valence-corrected chi connectivity index (χ1v) is 5.81. The van der Waals surface area contributed by atoms with E-state index in [9.17, 15) is 4.79 Å². The molecular formula is C11H13Cl2N3O2. The summed E-state index contributed by atoms with van der Waals surface area (Å²) in [5.74, 6) is 0. The predicted octanol–water partition coefficient (Wildman–Crippen LogP) is 2.72. The standard InChI is InChI=1S/C11H13Cl2N3O2/c1-16(2)7-14-11(17)15-18-6-8-9(12)4-3-5-10(8)13/h3-5,7H,6H2,1-2H3,(H,15,17)/b14-7+. The van der Waals surface area contributed by atoms with Crippen molar-refractivity contribution in [3.8, 4) is 0 Å². The van der Waals surface area contributed by atoms with Crippen LogP contribution in [-0.2, 0) is 11.4 Å². The number of hydrogen-bond donors (Lipinski definition) is 1. The van der Waals surface area contributed by atoms with Gasteiger partial charge in [0.15, 0.2) is 0 Å². The van der Waals surface area contributed by atoms with Crippen molar-refractivity contribution in [2.45, 2.75) is 6.61 Å². The SMILES string of the molecule is CN(C)/C=N/C(=O)NOCc1c(Cl)cccc1Cl. The van der Waals surface area contributed by atoms with Crippen LogP contribution in [0.1, 0.15) is 5.56 Å². The molecule has 0 aliphatic heterocycles. The smallest absolute Gasteiger partial charge is 0.366 e. The number of carbonyl (C=O) groups excluding carboxylic acids is 1. The van der Waals surface area contributed by atoms with Crippen molar-refractivity contribution >= 4 is 35.6 Å². The molecule has 0 unspecified atom stereocenters. The van der Waals surface area contributed by atoms with Crippen molar-refractivity contribution in [2.75, 3.05) is 14.1 Å². The molecule has 2 amide bonds. The Morgan fingerprint density at radius 1 is 1.44 bits per heavy atom. The maximum Gasteiger partial charge on any atom is 0.366 e. The molecule has 5 nitrogen and oxygen atoms in total. The van der Waals surface area contributed by atoms with Crippen LogP contribution < -0.4 is 5.48 Å². The topological polar surface area (TPSA) is 53.9 Å². The molecule has 0 atom stereocenters. The van der Waals surface area contributed by atoms with Crippen molar-refractivity contribution in [3.63, 3.8) is 0 Å². The van der Waals surface area contributed by atoms with Gasteiger partial charge in [-0.1, -0.05) is 29.3 Å². The van der Waals surface area contributed by atoms with E-state index in [0.717, 1.165) is 0 Å². The first-order valence-electron chi connectivity index (χ1n) is 5.06. The Morgan fingerprint density at radius 3 is 2.61 bits per heavy atom. The number of nitrogens with zero attached hydrogens (tertiary/aromatic N) is 2. The molecule has 0 bridgehead atoms. The first kappa shape index (κ1) is 14.8. The minimum atomic E-state index is -0.605. The van der Waals surface area contributed by atoms with Gasteiger partial charge in [0.05, 0.1) is 6.34 Å². The lowest BCUT2D eigenvalue weighted by atomic mass is 10.2. The number of hydroxylamine groups is 1. The molecule has 0 saturated carbocycles. The van der Waals surface area contributed by atoms with Crippen LogP contribution in [0.5, 0.6) is 0 Å². The summed E-state index contributed by atoms with van der Waals surface area (Å²) in [6.07, 6.45) is 1.36. The fourth-order valence-electron chi connectivity index (χ4n) is 1.03. The summed E-state index contributed by atoms with van der Waals surface area (Å²) in [6, 6.07) is 4.51. The fraction of sp³-hybridized carbons (Fsp3) is 0.273. The highest BCUT2D eigenvalue weighted by atomic mass is 35.5. The zero-order chi connectivity index (χ0) is 13.5. The number of halogens is 2. The van der Waals surface area contributed by atoms with Crippen LogP contribution in [-0.4, -0.2) is 31.4 Å². The number of urea groups is 1. The van der Waals surface area contributed by atoms with Crippen LogP contribution in [0.25, 0.3) is 0 Å². The number of nitrogens with one attached hydrogen (secondary N) is 1. The molecule has 7 heteroatoms. The van der Waals surface area contributed by atoms with E-state index in [2.05, 4.69) is 10.5 Å². The number of benzene rings is 1. The maximum absolute atomic E-state index is 11.2. The zero-order valence-electron chi connectivity index (χ0n) is 9.98. The van der Waals surface area contributed by atoms with E-state index in [0.29, 0.717) is 15.6 Å². The predicted molar refractivity (Wildman–Crippen MR) is 72.0 cm³/mol. The summed E-state index contributed by atoms with van der Waals surface area (Å²) in [4.78, 5) is 21.3. The zero-order valence-corrected chi connectivity index (χ0v) is 11.5. The molecule has 98 valence electrons. The third-order valence-electron chi connectivity index (χ3n) is 1.84. The van der Waals surface area contributed by atoms with Gasteiger partial charge in [-0.15, -0.1) is 0 Å². The van der Waals surface area contributed by atoms with E-state index >= 15 is 0 Å². The molecule has 1 rings (SSSR count). The monoisotopic (exact) mass is 289 g/mol. The van der Waals surface area contributed by atoms with Crippen molar-refractivity contribution in [2.24, 2.45) is 4.99 Å². The lowest BCUT2D eigenvalue weighted by Crippen LogP contribution is -2.21. The second kappa shape index (κ2) is 7.20. The van der Waals surface area contributed by atoms with E-state index in [1.165, 1.54) is 6.34 Å². The molecule has 1 aromatic carbocycles. The lowest BCUT2D eigenvalue weighted by molar-refractivity contribution is 0.0523. The summed E-state index contributed by atoms with van der Waals surface area (Å²) in [7, 11) is 3.50. The van der Waals surface area contributed by atoms with E-state index in [1.54, 1.807) is 37.2 Å². The Labute approximate surface area is 115 Å². The van der Waals surface area contributed by atoms with Gasteiger partial charge in [-0.3, -0.25) is 4.84 Å². The Bertz CT molecular complexity index is 430. The van der Waals surface area contributed by atoms with Crippen LogP contribution in [0.3, 0.4) is 0 Å². The summed E-state index contributed by atoms with van der Waals surface area (Å²) >= 11 is 11.9. The largest absolute Gasteiger partial charge is 0.369 e. The molecular weight excluding hydrogens is 277 g/mol. The Balaban J connectivity index is 2.45. The van der Waals surface area contributed by atoms with Gasteiger partial charge in [0.1, 0.15) is 6.61 Å². The van der Waals surface area contributed by atoms with Crippen LogP contribution in [0.15, 0.2) is 23.2 Å². The van der Waals surface area contributed by atoms with E-state index in [1.807, 2.05) is 0 Å². The van der Waals surface area contributed by atoms with Crippen LogP contribution in [0.2, 0.25) is 10.0 Å². The summed E-state index contributed by atoms with van der Waals surface area (Å²) in [6.45, 7) is 0.0712. The summed E-state index contributed by atoms with van der Waals surface area (Å²) in [5.41, 5.74) is 2.77. The highest BCUT2D eigenvalue weighted by Gasteiger charge is 2.06. The normalized spacial score (nSPS) is 10.7. The van der Waals surface area contributed by atoms with E-state index < -0.39 is 6.03 Å². The summed E-state index contributed by atoms with van der Waals surface area (Å²) in [5, 5.41) is 0.960. The van der Waals surface area contributed by atoms with E-state index in [4.69, 9.17) is 28.0 Å². The lowest BCUT2D eigenvalue weighted by Gasteiger charge is -2.07. The third-order valence-corrected chi connectivity index (χ3v) is 2.55. The molecule has 1 aromatic rings. The molecule has 1 N–H and O–H groups in total. The number of carbonyl (C=O) groups is 1. The second-order valence-electron chi connectivity index (χ2n) is 3.60. The number of hydrogen-bond acceptors (Lipinski definition) is 2. The highest BCUT2D eigenvalue weighted by molar-refractivity contribution is 6.35. The van der Waals surface area contributed by atoms with Crippen LogP contribution in [0.4, 0.5) is 4.79 Å². The maximum atomic E-state index is 11.2. The molecule has 0 radical (unpaired) electrons. The van der Waals surface area contributed by atoms with Crippen molar-refractivity contribution in [3.05, 3.63) is 33.8 Å². The summed E-state index contributed by atoms with van der Waals surface area (Å²) < 4.78 is 0. The minimum absolute atomic E-state index is 0.0712. The van der Waals surface area contributed by atoms with Crippen molar-refractivity contribution in [1.29, 1.82) is 0 Å². The van der Waals surface area contributed by atoms with Gasteiger partial charge in [0, 0.05) is 29.7 Å². The molecule has 0 aliphatic rings. The van der Waals surface area contributed by atoms with Gasteiger partial charge < -0.3 is 4.90 Å². The number of amides is 2. The van der Waals surface area contributed by atoms with Gasteiger partial charge in [-0.25, -0.2) is 10.3 Å². The molecule has 0 aliphatic carbocycles. The van der Waals surface area contributed by atoms with Gasteiger partial charge in [0.2, 0.25) is 0 Å². The van der Waals surface area contributed by atoms with Gasteiger partial charge in [-0.2, -0.15) is 4.99 Å². The number of aliphatic imine (C=N–C) groups is 1. The molecule has 0 spiro atoms. The second-order valence-corrected chi connectivity index (χ2v) is 4.42. The van der Waals surface area contributed by atoms with Crippen LogP contribution >= 0.6 is 23.2 Å². The van der Waals surface area contributed by atoms with Gasteiger partial charge in [0.25, 0.3) is 0 Å². The Hall–Kier alpha value is -1.30. The number of rotatable bonds is 4. The van der Waals surface area contributed by atoms with Gasteiger partial charge >= 0.3 is 6.03 Å². The Kier molecular flexibility index (Phi) is 5.91. The van der Waals surface area contributed by atoms with Gasteiger partial charge in [-0.05, 0) is 12.1 Å². The third kappa shape index (κ3) is 4.91. The first-order chi connectivity index (χ1) is 8.50. The average molecular weight is 290 g/mol. The van der Waals surface area contributed by atoms with Crippen molar-refractivity contribution in [1.82, 2.24) is 10.4 Å². The molecule has 0 fully saturated rings. The van der Waals surface area contributed by atoms with Crippen LogP contribution in [0, 0.1) is 0 Å². The molecule has 0 aromatic heterocycles. The molecule has 0 saturated heterocycles. The average Bonchev–Trinajstić information content (AvgIpc) is 2.30. The van der Waals surface area contributed by atoms with E-state index in [-0.39, 0.29) is 6.61 Å². The quantitative estimate of drug-likeness (QED) is 0.527. The molecule has 18 heavy (non-hydrogen) atoms. The minimum Gasteiger partial charge on any atom is -0.369 e. The fourth-order valence-corrected chi connectivity index (χ4v) is 1.54.